The van der Waals surface area contributed by atoms with Crippen LogP contribution in [0.5, 0.6) is 0 Å². The molecule has 3 rings (SSSR count). The number of carbonyl (C=O) groups excluding carboxylic acids is 2. The minimum atomic E-state index is -4.77. The van der Waals surface area contributed by atoms with Crippen molar-refractivity contribution in [2.45, 2.75) is 51.4 Å². The van der Waals surface area contributed by atoms with E-state index >= 15 is 0 Å². The third-order valence-corrected chi connectivity index (χ3v) is 5.16. The summed E-state index contributed by atoms with van der Waals surface area (Å²) in [5.41, 5.74) is -1.05. The van der Waals surface area contributed by atoms with Crippen LogP contribution in [0, 0.1) is 5.92 Å². The predicted octanol–water partition coefficient (Wildman–Crippen LogP) is 4.55. The van der Waals surface area contributed by atoms with Gasteiger partial charge in [0.15, 0.2) is 5.69 Å². The number of hydrogen-bond acceptors (Lipinski definition) is 5. The lowest BCUT2D eigenvalue weighted by Crippen LogP contribution is -2.28. The fourth-order valence-corrected chi connectivity index (χ4v) is 3.69. The molecular weight excluding hydrogens is 401 g/mol. The molecule has 1 heterocycles. The SMILES string of the molecule is CCOC(=O)C1CCC(n2ncc(C(=O)OCc3ccccc3)c2C(F)(F)F)CC1. The number of halogens is 3. The van der Waals surface area contributed by atoms with Crippen LogP contribution in [0.1, 0.15) is 60.3 Å². The molecule has 0 unspecified atom stereocenters. The standard InChI is InChI=1S/C21H23F3N2O4/c1-2-29-19(27)15-8-10-16(11-9-15)26-18(21(22,23)24)17(12-25-26)20(28)30-13-14-6-4-3-5-7-14/h3-7,12,15-16H,2,8-11,13H2,1H3. The average Bonchev–Trinajstić information content (AvgIpc) is 3.19. The molecular formula is C21H23F3N2O4. The van der Waals surface area contributed by atoms with Gasteiger partial charge in [-0.05, 0) is 38.2 Å². The van der Waals surface area contributed by atoms with Gasteiger partial charge in [0.1, 0.15) is 12.2 Å². The van der Waals surface area contributed by atoms with Crippen LogP contribution in [-0.2, 0) is 27.1 Å². The monoisotopic (exact) mass is 424 g/mol. The van der Waals surface area contributed by atoms with Gasteiger partial charge in [-0.3, -0.25) is 9.48 Å². The van der Waals surface area contributed by atoms with Gasteiger partial charge in [-0.25, -0.2) is 4.79 Å². The van der Waals surface area contributed by atoms with E-state index in [0.29, 0.717) is 31.2 Å². The van der Waals surface area contributed by atoms with E-state index in [1.807, 2.05) is 0 Å². The molecule has 0 radical (unpaired) electrons. The van der Waals surface area contributed by atoms with Gasteiger partial charge in [-0.2, -0.15) is 18.3 Å². The molecule has 0 spiro atoms. The summed E-state index contributed by atoms with van der Waals surface area (Å²) in [6, 6.07) is 8.15. The van der Waals surface area contributed by atoms with Crippen molar-refractivity contribution in [1.29, 1.82) is 0 Å². The van der Waals surface area contributed by atoms with Gasteiger partial charge in [0.25, 0.3) is 0 Å². The first-order valence-electron chi connectivity index (χ1n) is 9.83. The summed E-state index contributed by atoms with van der Waals surface area (Å²) in [6.07, 6.45) is -2.36. The van der Waals surface area contributed by atoms with Crippen LogP contribution in [0.3, 0.4) is 0 Å². The molecule has 1 aromatic heterocycles. The number of rotatable bonds is 6. The minimum Gasteiger partial charge on any atom is -0.466 e. The van der Waals surface area contributed by atoms with Crippen molar-refractivity contribution in [3.05, 3.63) is 53.3 Å². The van der Waals surface area contributed by atoms with Crippen LogP contribution in [0.25, 0.3) is 0 Å². The number of nitrogens with zero attached hydrogens (tertiary/aromatic N) is 2. The molecule has 30 heavy (non-hydrogen) atoms. The first kappa shape index (κ1) is 21.9. The zero-order chi connectivity index (χ0) is 21.7. The highest BCUT2D eigenvalue weighted by Gasteiger charge is 2.43. The Kier molecular flexibility index (Phi) is 6.79. The van der Waals surface area contributed by atoms with Gasteiger partial charge in [-0.15, -0.1) is 0 Å². The summed E-state index contributed by atoms with van der Waals surface area (Å²) in [4.78, 5) is 24.2. The van der Waals surface area contributed by atoms with E-state index < -0.39 is 29.4 Å². The van der Waals surface area contributed by atoms with Gasteiger partial charge in [0, 0.05) is 0 Å². The van der Waals surface area contributed by atoms with E-state index in [4.69, 9.17) is 9.47 Å². The maximum absolute atomic E-state index is 13.8. The van der Waals surface area contributed by atoms with E-state index in [1.165, 1.54) is 0 Å². The number of benzene rings is 1. The van der Waals surface area contributed by atoms with Crippen LogP contribution in [-0.4, -0.2) is 28.3 Å². The van der Waals surface area contributed by atoms with Gasteiger partial charge in [0.2, 0.25) is 0 Å². The Labute approximate surface area is 172 Å². The molecule has 6 nitrogen and oxygen atoms in total. The van der Waals surface area contributed by atoms with E-state index in [-0.39, 0.29) is 25.1 Å². The molecule has 0 bridgehead atoms. The van der Waals surface area contributed by atoms with Crippen LogP contribution in [0.2, 0.25) is 0 Å². The van der Waals surface area contributed by atoms with Crippen LogP contribution >= 0.6 is 0 Å². The Morgan fingerprint density at radius 1 is 1.10 bits per heavy atom. The number of ether oxygens (including phenoxy) is 2. The van der Waals surface area contributed by atoms with Crippen molar-refractivity contribution in [3.8, 4) is 0 Å². The minimum absolute atomic E-state index is 0.132. The second-order valence-corrected chi connectivity index (χ2v) is 7.17. The quantitative estimate of drug-likeness (QED) is 0.636. The zero-order valence-corrected chi connectivity index (χ0v) is 16.5. The Morgan fingerprint density at radius 2 is 1.77 bits per heavy atom. The second-order valence-electron chi connectivity index (χ2n) is 7.17. The Bertz CT molecular complexity index is 872. The molecule has 162 valence electrons. The zero-order valence-electron chi connectivity index (χ0n) is 16.5. The normalized spacial score (nSPS) is 19.3. The summed E-state index contributed by atoms with van der Waals surface area (Å²) in [6.45, 7) is 1.85. The predicted molar refractivity (Wildman–Crippen MR) is 100 cm³/mol. The molecule has 1 aliphatic rings. The fourth-order valence-electron chi connectivity index (χ4n) is 3.69. The Balaban J connectivity index is 1.74. The molecule has 1 aromatic carbocycles. The summed E-state index contributed by atoms with van der Waals surface area (Å²) >= 11 is 0. The van der Waals surface area contributed by atoms with E-state index in [0.717, 1.165) is 10.9 Å². The topological polar surface area (TPSA) is 70.4 Å². The first-order chi connectivity index (χ1) is 14.3. The molecule has 9 heteroatoms. The van der Waals surface area contributed by atoms with Gasteiger partial charge >= 0.3 is 18.1 Å². The lowest BCUT2D eigenvalue weighted by atomic mass is 9.86. The van der Waals surface area contributed by atoms with E-state index in [9.17, 15) is 22.8 Å². The summed E-state index contributed by atoms with van der Waals surface area (Å²) in [5.74, 6) is -1.71. The lowest BCUT2D eigenvalue weighted by Gasteiger charge is -2.29. The van der Waals surface area contributed by atoms with Crippen molar-refractivity contribution in [1.82, 2.24) is 9.78 Å². The highest BCUT2D eigenvalue weighted by Crippen LogP contribution is 2.39. The van der Waals surface area contributed by atoms with Gasteiger partial charge < -0.3 is 9.47 Å². The maximum atomic E-state index is 13.8. The van der Waals surface area contributed by atoms with Crippen molar-refractivity contribution in [2.75, 3.05) is 6.61 Å². The molecule has 1 aliphatic carbocycles. The molecule has 2 aromatic rings. The Morgan fingerprint density at radius 3 is 2.37 bits per heavy atom. The van der Waals surface area contributed by atoms with Crippen molar-refractivity contribution in [3.63, 3.8) is 0 Å². The fraction of sp³-hybridized carbons (Fsp3) is 0.476. The number of carbonyl (C=O) groups is 2. The third-order valence-electron chi connectivity index (χ3n) is 5.16. The largest absolute Gasteiger partial charge is 0.466 e. The van der Waals surface area contributed by atoms with Gasteiger partial charge in [0.05, 0.1) is 24.8 Å². The average molecular weight is 424 g/mol. The Hall–Kier alpha value is -2.84. The highest BCUT2D eigenvalue weighted by molar-refractivity contribution is 5.90. The van der Waals surface area contributed by atoms with Crippen LogP contribution in [0.15, 0.2) is 36.5 Å². The summed E-state index contributed by atoms with van der Waals surface area (Å²) in [5, 5.41) is 3.87. The summed E-state index contributed by atoms with van der Waals surface area (Å²) in [7, 11) is 0. The molecule has 1 fully saturated rings. The van der Waals surface area contributed by atoms with Crippen LogP contribution in [0.4, 0.5) is 13.2 Å². The molecule has 0 aliphatic heterocycles. The summed E-state index contributed by atoms with van der Waals surface area (Å²) < 4.78 is 52.3. The molecule has 0 saturated heterocycles. The van der Waals surface area contributed by atoms with E-state index in [1.54, 1.807) is 37.3 Å². The van der Waals surface area contributed by atoms with Crippen molar-refractivity contribution < 1.29 is 32.2 Å². The molecule has 0 atom stereocenters. The maximum Gasteiger partial charge on any atom is 0.433 e. The number of esters is 2. The van der Waals surface area contributed by atoms with E-state index in [2.05, 4.69) is 5.10 Å². The number of aromatic nitrogens is 2. The lowest BCUT2D eigenvalue weighted by molar-refractivity contribution is -0.151. The van der Waals surface area contributed by atoms with Crippen LogP contribution < -0.4 is 0 Å². The molecule has 1 saturated carbocycles. The molecule has 0 N–H and O–H groups in total. The van der Waals surface area contributed by atoms with Crippen molar-refractivity contribution >= 4 is 11.9 Å². The smallest absolute Gasteiger partial charge is 0.433 e. The number of alkyl halides is 3. The van der Waals surface area contributed by atoms with Gasteiger partial charge in [-0.1, -0.05) is 30.3 Å². The molecule has 0 amide bonds. The number of hydrogen-bond donors (Lipinski definition) is 0. The third kappa shape index (κ3) is 5.01. The second kappa shape index (κ2) is 9.32. The first-order valence-corrected chi connectivity index (χ1v) is 9.83. The van der Waals surface area contributed by atoms with Crippen molar-refractivity contribution in [2.24, 2.45) is 5.92 Å². The highest BCUT2D eigenvalue weighted by atomic mass is 19.4.